The van der Waals surface area contributed by atoms with Crippen LogP contribution in [0.4, 0.5) is 5.69 Å². The minimum absolute atomic E-state index is 0.0727. The molecule has 0 aliphatic carbocycles. The summed E-state index contributed by atoms with van der Waals surface area (Å²) in [5.41, 5.74) is 1.90. The van der Waals surface area contributed by atoms with Gasteiger partial charge in [0.1, 0.15) is 0 Å². The van der Waals surface area contributed by atoms with E-state index in [0.29, 0.717) is 11.3 Å². The summed E-state index contributed by atoms with van der Waals surface area (Å²) in [4.78, 5) is 23.4. The molecule has 5 heteroatoms. The average Bonchev–Trinajstić information content (AvgIpc) is 2.42. The molecule has 0 fully saturated rings. The van der Waals surface area contributed by atoms with Crippen LogP contribution in [0.5, 0.6) is 0 Å². The Hall–Kier alpha value is -1.89. The fourth-order valence-electron chi connectivity index (χ4n) is 1.79. The molecule has 0 radical (unpaired) electrons. The Balaban J connectivity index is 2.33. The predicted octanol–water partition coefficient (Wildman–Crippen LogP) is 3.55. The van der Waals surface area contributed by atoms with Crippen molar-refractivity contribution >= 4 is 40.2 Å². The number of anilines is 1. The summed E-state index contributed by atoms with van der Waals surface area (Å²) in [5, 5.41) is 11.7. The monoisotopic (exact) mass is 381 g/mol. The van der Waals surface area contributed by atoms with Gasteiger partial charge in [0, 0.05) is 3.57 Å². The number of carbonyl (C=O) groups excluding carboxylic acids is 1. The van der Waals surface area contributed by atoms with Crippen LogP contribution in [0.1, 0.15) is 26.3 Å². The molecule has 20 heavy (non-hydrogen) atoms. The number of nitrogens with one attached hydrogen (secondary N) is 1. The third-order valence-electron chi connectivity index (χ3n) is 2.84. The van der Waals surface area contributed by atoms with Crippen molar-refractivity contribution in [1.82, 2.24) is 0 Å². The number of carboxylic acid groups (broad SMARTS) is 1. The van der Waals surface area contributed by atoms with Crippen LogP contribution in [0, 0.1) is 10.5 Å². The molecular weight excluding hydrogens is 369 g/mol. The van der Waals surface area contributed by atoms with Gasteiger partial charge < -0.3 is 10.4 Å². The normalized spacial score (nSPS) is 10.1. The van der Waals surface area contributed by atoms with E-state index in [1.807, 2.05) is 13.0 Å². The van der Waals surface area contributed by atoms with E-state index in [1.54, 1.807) is 30.3 Å². The number of carbonyl (C=O) groups is 2. The summed E-state index contributed by atoms with van der Waals surface area (Å²) in [6, 6.07) is 11.8. The van der Waals surface area contributed by atoms with Gasteiger partial charge in [0.15, 0.2) is 0 Å². The lowest BCUT2D eigenvalue weighted by atomic mass is 10.1. The zero-order valence-electron chi connectivity index (χ0n) is 10.7. The number of aryl methyl sites for hydroxylation is 1. The maximum Gasteiger partial charge on any atom is 0.337 e. The molecule has 0 aromatic heterocycles. The molecule has 1 amide bonds. The highest BCUT2D eigenvalue weighted by Crippen LogP contribution is 2.20. The first-order valence-electron chi connectivity index (χ1n) is 5.89. The molecule has 4 nitrogen and oxygen atoms in total. The largest absolute Gasteiger partial charge is 0.478 e. The van der Waals surface area contributed by atoms with E-state index in [1.165, 1.54) is 6.07 Å². The molecule has 0 saturated heterocycles. The number of amides is 1. The van der Waals surface area contributed by atoms with Crippen LogP contribution in [0.15, 0.2) is 42.5 Å². The van der Waals surface area contributed by atoms with Gasteiger partial charge >= 0.3 is 5.97 Å². The van der Waals surface area contributed by atoms with Gasteiger partial charge in [0.05, 0.1) is 16.8 Å². The molecule has 0 spiro atoms. The molecule has 2 N–H and O–H groups in total. The van der Waals surface area contributed by atoms with Gasteiger partial charge in [-0.25, -0.2) is 4.79 Å². The Kier molecular flexibility index (Phi) is 4.39. The first kappa shape index (κ1) is 14.5. The van der Waals surface area contributed by atoms with E-state index in [9.17, 15) is 9.59 Å². The van der Waals surface area contributed by atoms with Crippen molar-refractivity contribution in [2.24, 2.45) is 0 Å². The van der Waals surface area contributed by atoms with E-state index in [-0.39, 0.29) is 11.5 Å². The van der Waals surface area contributed by atoms with E-state index in [4.69, 9.17) is 5.11 Å². The highest BCUT2D eigenvalue weighted by atomic mass is 127. The fraction of sp³-hybridized carbons (Fsp3) is 0.0667. The summed E-state index contributed by atoms with van der Waals surface area (Å²) >= 11 is 2.11. The molecule has 0 heterocycles. The molecule has 0 atom stereocenters. The molecule has 0 unspecified atom stereocenters. The van der Waals surface area contributed by atoms with Crippen LogP contribution in [-0.2, 0) is 0 Å². The Morgan fingerprint density at radius 2 is 1.70 bits per heavy atom. The van der Waals surface area contributed by atoms with Gasteiger partial charge in [-0.15, -0.1) is 0 Å². The van der Waals surface area contributed by atoms with Gasteiger partial charge in [-0.2, -0.15) is 0 Å². The maximum absolute atomic E-state index is 12.3. The lowest BCUT2D eigenvalue weighted by Crippen LogP contribution is -2.16. The molecule has 2 aromatic carbocycles. The number of carboxylic acids is 1. The van der Waals surface area contributed by atoms with Crippen LogP contribution in [0.25, 0.3) is 0 Å². The molecule has 2 aromatic rings. The molecule has 0 aliphatic heterocycles. The van der Waals surface area contributed by atoms with Crippen molar-refractivity contribution in [2.75, 3.05) is 5.32 Å². The number of rotatable bonds is 3. The summed E-state index contributed by atoms with van der Waals surface area (Å²) < 4.78 is 0.857. The zero-order valence-corrected chi connectivity index (χ0v) is 12.8. The second kappa shape index (κ2) is 6.04. The van der Waals surface area contributed by atoms with Crippen molar-refractivity contribution < 1.29 is 14.7 Å². The SMILES string of the molecule is Cc1cccc(C(=O)Nc2ccccc2C(=O)O)c1I. The van der Waals surface area contributed by atoms with Crippen LogP contribution >= 0.6 is 22.6 Å². The highest BCUT2D eigenvalue weighted by molar-refractivity contribution is 14.1. The van der Waals surface area contributed by atoms with Gasteiger partial charge in [-0.05, 0) is 53.3 Å². The van der Waals surface area contributed by atoms with Crippen LogP contribution in [-0.4, -0.2) is 17.0 Å². The smallest absolute Gasteiger partial charge is 0.337 e. The van der Waals surface area contributed by atoms with E-state index >= 15 is 0 Å². The molecular formula is C15H12INO3. The lowest BCUT2D eigenvalue weighted by molar-refractivity contribution is 0.0698. The Labute approximate surface area is 130 Å². The Morgan fingerprint density at radius 3 is 2.40 bits per heavy atom. The van der Waals surface area contributed by atoms with Gasteiger partial charge in [-0.1, -0.05) is 24.3 Å². The number of hydrogen-bond acceptors (Lipinski definition) is 2. The second-order valence-corrected chi connectivity index (χ2v) is 5.32. The highest BCUT2D eigenvalue weighted by Gasteiger charge is 2.15. The first-order chi connectivity index (χ1) is 9.50. The third-order valence-corrected chi connectivity index (χ3v) is 4.27. The summed E-state index contributed by atoms with van der Waals surface area (Å²) in [6.45, 7) is 1.92. The topological polar surface area (TPSA) is 66.4 Å². The maximum atomic E-state index is 12.3. The van der Waals surface area contributed by atoms with Gasteiger partial charge in [0.25, 0.3) is 5.91 Å². The quantitative estimate of drug-likeness (QED) is 0.800. The van der Waals surface area contributed by atoms with Crippen molar-refractivity contribution in [3.8, 4) is 0 Å². The molecule has 0 aliphatic rings. The standard InChI is InChI=1S/C15H12INO3/c1-9-5-4-7-11(13(9)16)14(18)17-12-8-3-2-6-10(12)15(19)20/h2-8H,1H3,(H,17,18)(H,19,20). The number of halogens is 1. The summed E-state index contributed by atoms with van der Waals surface area (Å²) in [7, 11) is 0. The predicted molar refractivity (Wildman–Crippen MR) is 85.3 cm³/mol. The molecule has 0 bridgehead atoms. The molecule has 102 valence electrons. The van der Waals surface area contributed by atoms with E-state index in [0.717, 1.165) is 9.13 Å². The van der Waals surface area contributed by atoms with E-state index in [2.05, 4.69) is 27.9 Å². The average molecular weight is 381 g/mol. The van der Waals surface area contributed by atoms with Crippen molar-refractivity contribution in [3.05, 3.63) is 62.7 Å². The van der Waals surface area contributed by atoms with Crippen LogP contribution < -0.4 is 5.32 Å². The molecule has 2 rings (SSSR count). The summed E-state index contributed by atoms with van der Waals surface area (Å²) in [6.07, 6.45) is 0. The zero-order chi connectivity index (χ0) is 14.7. The van der Waals surface area contributed by atoms with Crippen LogP contribution in [0.2, 0.25) is 0 Å². The number of benzene rings is 2. The van der Waals surface area contributed by atoms with Gasteiger partial charge in [-0.3, -0.25) is 4.79 Å². The second-order valence-electron chi connectivity index (χ2n) is 4.24. The lowest BCUT2D eigenvalue weighted by Gasteiger charge is -2.10. The Morgan fingerprint density at radius 1 is 1.05 bits per heavy atom. The minimum Gasteiger partial charge on any atom is -0.478 e. The number of para-hydroxylation sites is 1. The number of aromatic carboxylic acids is 1. The Bertz CT molecular complexity index is 683. The van der Waals surface area contributed by atoms with Crippen molar-refractivity contribution in [2.45, 2.75) is 6.92 Å². The molecule has 0 saturated carbocycles. The first-order valence-corrected chi connectivity index (χ1v) is 6.97. The van der Waals surface area contributed by atoms with Crippen molar-refractivity contribution in [1.29, 1.82) is 0 Å². The van der Waals surface area contributed by atoms with E-state index < -0.39 is 5.97 Å². The fourth-order valence-corrected chi connectivity index (χ4v) is 2.40. The number of hydrogen-bond donors (Lipinski definition) is 2. The van der Waals surface area contributed by atoms with Gasteiger partial charge in [0.2, 0.25) is 0 Å². The minimum atomic E-state index is -1.07. The van der Waals surface area contributed by atoms with Crippen LogP contribution in [0.3, 0.4) is 0 Å². The third kappa shape index (κ3) is 2.98. The summed E-state index contributed by atoms with van der Waals surface area (Å²) in [5.74, 6) is -1.38. The van der Waals surface area contributed by atoms with Crippen molar-refractivity contribution in [3.63, 3.8) is 0 Å².